The first-order valence-corrected chi connectivity index (χ1v) is 6.01. The molecular formula is C13H14N2O4. The number of ketones is 1. The summed E-state index contributed by atoms with van der Waals surface area (Å²) in [5.41, 5.74) is 3.36. The minimum atomic E-state index is -0.888. The normalized spacial score (nSPS) is 14.2. The molecule has 1 N–H and O–H groups in total. The summed E-state index contributed by atoms with van der Waals surface area (Å²) in [6.45, 7) is 2.25. The smallest absolute Gasteiger partial charge is 0.379 e. The number of hydrogen-bond donors (Lipinski definition) is 1. The Morgan fingerprint density at radius 2 is 2.11 bits per heavy atom. The number of anilines is 1. The van der Waals surface area contributed by atoms with Gasteiger partial charge in [-0.2, -0.15) is 0 Å². The van der Waals surface area contributed by atoms with Crippen LogP contribution in [0.5, 0.6) is 0 Å². The van der Waals surface area contributed by atoms with E-state index >= 15 is 0 Å². The summed E-state index contributed by atoms with van der Waals surface area (Å²) >= 11 is 0. The van der Waals surface area contributed by atoms with Crippen LogP contribution in [0.25, 0.3) is 0 Å². The van der Waals surface area contributed by atoms with Gasteiger partial charge in [0.1, 0.15) is 0 Å². The number of benzene rings is 1. The van der Waals surface area contributed by atoms with Crippen molar-refractivity contribution in [3.63, 3.8) is 0 Å². The van der Waals surface area contributed by atoms with Crippen molar-refractivity contribution in [3.05, 3.63) is 29.8 Å². The molecule has 1 amide bonds. The SMILES string of the molecule is CCOC(=O)C(=O)c1ccccc1N1CCC(=O)N1. The third kappa shape index (κ3) is 2.73. The number of hydrogen-bond acceptors (Lipinski definition) is 5. The van der Waals surface area contributed by atoms with Crippen LogP contribution in [0.15, 0.2) is 24.3 Å². The summed E-state index contributed by atoms with van der Waals surface area (Å²) in [4.78, 5) is 34.7. The summed E-state index contributed by atoms with van der Waals surface area (Å²) < 4.78 is 4.70. The van der Waals surface area contributed by atoms with E-state index in [0.29, 0.717) is 18.7 Å². The molecule has 0 aliphatic carbocycles. The highest BCUT2D eigenvalue weighted by Gasteiger charge is 2.26. The Morgan fingerprint density at radius 3 is 2.74 bits per heavy atom. The molecule has 1 aliphatic heterocycles. The fourth-order valence-electron chi connectivity index (χ4n) is 1.86. The Bertz CT molecular complexity index is 527. The number of nitrogens with zero attached hydrogens (tertiary/aromatic N) is 1. The van der Waals surface area contributed by atoms with E-state index in [0.717, 1.165) is 0 Å². The fourth-order valence-corrected chi connectivity index (χ4v) is 1.86. The topological polar surface area (TPSA) is 75.7 Å². The average molecular weight is 262 g/mol. The molecule has 0 aromatic heterocycles. The first-order valence-electron chi connectivity index (χ1n) is 6.01. The summed E-state index contributed by atoms with van der Waals surface area (Å²) in [6, 6.07) is 6.62. The number of esters is 1. The maximum absolute atomic E-state index is 12.0. The molecule has 2 rings (SSSR count). The van der Waals surface area contributed by atoms with Crippen LogP contribution in [0, 0.1) is 0 Å². The van der Waals surface area contributed by atoms with Crippen LogP contribution in [0.2, 0.25) is 0 Å². The van der Waals surface area contributed by atoms with Gasteiger partial charge in [0.2, 0.25) is 5.91 Å². The zero-order chi connectivity index (χ0) is 13.8. The zero-order valence-electron chi connectivity index (χ0n) is 10.5. The van der Waals surface area contributed by atoms with E-state index in [1.165, 1.54) is 0 Å². The second kappa shape index (κ2) is 5.51. The second-order valence-corrected chi connectivity index (χ2v) is 4.00. The molecule has 1 saturated heterocycles. The van der Waals surface area contributed by atoms with Crippen LogP contribution in [0.4, 0.5) is 5.69 Å². The number of hydrazine groups is 1. The molecule has 0 bridgehead atoms. The van der Waals surface area contributed by atoms with Gasteiger partial charge in [-0.3, -0.25) is 20.0 Å². The summed E-state index contributed by atoms with van der Waals surface area (Å²) in [5, 5.41) is 1.56. The monoisotopic (exact) mass is 262 g/mol. The highest BCUT2D eigenvalue weighted by atomic mass is 16.5. The minimum absolute atomic E-state index is 0.113. The molecule has 100 valence electrons. The van der Waals surface area contributed by atoms with Crippen molar-refractivity contribution in [1.82, 2.24) is 5.43 Å². The van der Waals surface area contributed by atoms with E-state index in [1.807, 2.05) is 0 Å². The number of rotatable bonds is 4. The van der Waals surface area contributed by atoms with Gasteiger partial charge in [0.15, 0.2) is 0 Å². The van der Waals surface area contributed by atoms with Crippen molar-refractivity contribution in [2.45, 2.75) is 13.3 Å². The fraction of sp³-hybridized carbons (Fsp3) is 0.308. The van der Waals surface area contributed by atoms with Gasteiger partial charge in [0, 0.05) is 13.0 Å². The van der Waals surface area contributed by atoms with Gasteiger partial charge >= 0.3 is 5.97 Å². The zero-order valence-corrected chi connectivity index (χ0v) is 10.5. The Kier molecular flexibility index (Phi) is 3.79. The molecule has 1 aromatic carbocycles. The van der Waals surface area contributed by atoms with E-state index in [1.54, 1.807) is 36.2 Å². The van der Waals surface area contributed by atoms with Crippen molar-refractivity contribution in [3.8, 4) is 0 Å². The van der Waals surface area contributed by atoms with E-state index in [-0.39, 0.29) is 18.1 Å². The summed E-state index contributed by atoms with van der Waals surface area (Å²) in [5.74, 6) is -1.71. The number of carbonyl (C=O) groups is 3. The number of amides is 1. The van der Waals surface area contributed by atoms with Crippen LogP contribution >= 0.6 is 0 Å². The Labute approximate surface area is 110 Å². The van der Waals surface area contributed by atoms with Crippen molar-refractivity contribution in [1.29, 1.82) is 0 Å². The van der Waals surface area contributed by atoms with Crippen LogP contribution in [0.1, 0.15) is 23.7 Å². The molecule has 0 spiro atoms. The van der Waals surface area contributed by atoms with Crippen LogP contribution in [0.3, 0.4) is 0 Å². The van der Waals surface area contributed by atoms with Gasteiger partial charge in [-0.15, -0.1) is 0 Å². The number of para-hydroxylation sites is 1. The van der Waals surface area contributed by atoms with Crippen LogP contribution in [-0.2, 0) is 14.3 Å². The first-order chi connectivity index (χ1) is 9.13. The lowest BCUT2D eigenvalue weighted by molar-refractivity contribution is -0.137. The predicted octanol–water partition coefficient (Wildman–Crippen LogP) is 0.674. The van der Waals surface area contributed by atoms with Gasteiger partial charge in [-0.25, -0.2) is 4.79 Å². The lowest BCUT2D eigenvalue weighted by atomic mass is 10.1. The molecular weight excluding hydrogens is 248 g/mol. The molecule has 1 aromatic rings. The number of nitrogens with one attached hydrogen (secondary N) is 1. The highest BCUT2D eigenvalue weighted by molar-refractivity contribution is 6.41. The summed E-state index contributed by atoms with van der Waals surface area (Å²) in [6.07, 6.45) is 0.363. The lowest BCUT2D eigenvalue weighted by Gasteiger charge is -2.19. The quantitative estimate of drug-likeness (QED) is 0.490. The average Bonchev–Trinajstić information content (AvgIpc) is 2.85. The predicted molar refractivity (Wildman–Crippen MR) is 67.5 cm³/mol. The van der Waals surface area contributed by atoms with E-state index in [2.05, 4.69) is 5.43 Å². The van der Waals surface area contributed by atoms with Crippen molar-refractivity contribution >= 4 is 23.3 Å². The summed E-state index contributed by atoms with van der Waals surface area (Å²) in [7, 11) is 0. The molecule has 0 saturated carbocycles. The number of Topliss-reactive ketones (excluding diaryl/α,β-unsaturated/α-hetero) is 1. The molecule has 1 fully saturated rings. The maximum atomic E-state index is 12.0. The van der Waals surface area contributed by atoms with Gasteiger partial charge in [0.25, 0.3) is 5.78 Å². The van der Waals surface area contributed by atoms with Gasteiger partial charge in [0.05, 0.1) is 17.9 Å². The highest BCUT2D eigenvalue weighted by Crippen LogP contribution is 2.22. The third-order valence-corrected chi connectivity index (χ3v) is 2.72. The number of carbonyl (C=O) groups excluding carboxylic acids is 3. The van der Waals surface area contributed by atoms with Crippen LogP contribution < -0.4 is 10.4 Å². The van der Waals surface area contributed by atoms with E-state index < -0.39 is 11.8 Å². The molecule has 1 heterocycles. The molecule has 1 aliphatic rings. The molecule has 19 heavy (non-hydrogen) atoms. The number of ether oxygens (including phenoxy) is 1. The first kappa shape index (κ1) is 13.1. The van der Waals surface area contributed by atoms with Crippen molar-refractivity contribution < 1.29 is 19.1 Å². The van der Waals surface area contributed by atoms with Crippen molar-refractivity contribution in [2.75, 3.05) is 18.2 Å². The Hall–Kier alpha value is -2.37. The molecule has 6 nitrogen and oxygen atoms in total. The molecule has 6 heteroatoms. The third-order valence-electron chi connectivity index (χ3n) is 2.72. The molecule has 0 radical (unpaired) electrons. The Morgan fingerprint density at radius 1 is 1.37 bits per heavy atom. The lowest BCUT2D eigenvalue weighted by Crippen LogP contribution is -2.34. The van der Waals surface area contributed by atoms with Crippen LogP contribution in [-0.4, -0.2) is 30.8 Å². The van der Waals surface area contributed by atoms with Gasteiger partial charge < -0.3 is 4.74 Å². The minimum Gasteiger partial charge on any atom is -0.460 e. The second-order valence-electron chi connectivity index (χ2n) is 4.00. The maximum Gasteiger partial charge on any atom is 0.379 e. The largest absolute Gasteiger partial charge is 0.460 e. The molecule has 0 unspecified atom stereocenters. The van der Waals surface area contributed by atoms with Gasteiger partial charge in [-0.05, 0) is 19.1 Å². The van der Waals surface area contributed by atoms with Crippen molar-refractivity contribution in [2.24, 2.45) is 0 Å². The Balaban J connectivity index is 2.28. The standard InChI is InChI=1S/C13H14N2O4/c1-2-19-13(18)12(17)9-5-3-4-6-10(9)15-8-7-11(16)14-15/h3-6H,2,7-8H2,1H3,(H,14,16). The molecule has 0 atom stereocenters. The van der Waals surface area contributed by atoms with Gasteiger partial charge in [-0.1, -0.05) is 12.1 Å². The van der Waals surface area contributed by atoms with E-state index in [4.69, 9.17) is 4.74 Å². The van der Waals surface area contributed by atoms with E-state index in [9.17, 15) is 14.4 Å².